The van der Waals surface area contributed by atoms with Gasteiger partial charge in [0, 0.05) is 38.8 Å². The molecule has 0 saturated carbocycles. The van der Waals surface area contributed by atoms with Gasteiger partial charge in [-0.05, 0) is 31.9 Å². The fourth-order valence-corrected chi connectivity index (χ4v) is 3.13. The first kappa shape index (κ1) is 17.3. The molecule has 2 atom stereocenters. The van der Waals surface area contributed by atoms with Crippen molar-refractivity contribution in [1.82, 2.24) is 9.80 Å². The molecule has 1 fully saturated rings. The maximum absolute atomic E-state index is 9.60. The molecule has 0 bridgehead atoms. The van der Waals surface area contributed by atoms with Gasteiger partial charge in [-0.3, -0.25) is 9.80 Å². The van der Waals surface area contributed by atoms with Crippen LogP contribution in [0.5, 0.6) is 5.75 Å². The number of hydrogen-bond donors (Lipinski definition) is 1. The van der Waals surface area contributed by atoms with Crippen LogP contribution in [0.4, 0.5) is 0 Å². The van der Waals surface area contributed by atoms with Gasteiger partial charge in [0.1, 0.15) is 12.4 Å². The highest BCUT2D eigenvalue weighted by Crippen LogP contribution is 2.17. The molecule has 1 aromatic rings. The van der Waals surface area contributed by atoms with Crippen LogP contribution in [0, 0.1) is 6.92 Å². The monoisotopic (exact) mass is 306 g/mol. The fraction of sp³-hybridized carbons (Fsp3) is 0.667. The Labute approximate surface area is 134 Å². The van der Waals surface area contributed by atoms with Crippen LogP contribution < -0.4 is 4.74 Å². The number of aliphatic hydroxyl groups is 1. The number of nitrogens with zero attached hydrogens (tertiary/aromatic N) is 2. The van der Waals surface area contributed by atoms with Gasteiger partial charge in [-0.15, -0.1) is 0 Å². The number of rotatable bonds is 7. The van der Waals surface area contributed by atoms with Crippen molar-refractivity contribution >= 4 is 0 Å². The van der Waals surface area contributed by atoms with Crippen LogP contribution >= 0.6 is 0 Å². The molecular weight excluding hydrogens is 276 g/mol. The summed E-state index contributed by atoms with van der Waals surface area (Å²) in [4.78, 5) is 4.90. The highest BCUT2D eigenvalue weighted by Gasteiger charge is 2.26. The third-order valence-electron chi connectivity index (χ3n) is 4.42. The number of aliphatic hydroxyl groups excluding tert-OH is 1. The Bertz CT molecular complexity index is 450. The highest BCUT2D eigenvalue weighted by atomic mass is 16.5. The van der Waals surface area contributed by atoms with E-state index in [0.717, 1.165) is 51.5 Å². The Morgan fingerprint density at radius 1 is 1.32 bits per heavy atom. The van der Waals surface area contributed by atoms with Gasteiger partial charge in [0.2, 0.25) is 0 Å². The Kier molecular flexibility index (Phi) is 6.68. The van der Waals surface area contributed by atoms with Crippen molar-refractivity contribution in [3.8, 4) is 5.75 Å². The molecule has 4 heteroatoms. The normalized spacial score (nSPS) is 21.7. The summed E-state index contributed by atoms with van der Waals surface area (Å²) < 4.78 is 5.90. The maximum Gasteiger partial charge on any atom is 0.122 e. The van der Waals surface area contributed by atoms with Crippen LogP contribution in [0.2, 0.25) is 0 Å². The molecular formula is C18H30N2O2. The second-order valence-electron chi connectivity index (χ2n) is 6.32. The lowest BCUT2D eigenvalue weighted by molar-refractivity contribution is 0.0322. The highest BCUT2D eigenvalue weighted by molar-refractivity contribution is 5.31. The smallest absolute Gasteiger partial charge is 0.122 e. The van der Waals surface area contributed by atoms with Gasteiger partial charge < -0.3 is 9.84 Å². The lowest BCUT2D eigenvalue weighted by Gasteiger charge is -2.41. The SMILES string of the molecule is CC[C@H]1CN(CCOc2ccccc2C)CCN1C[C@H](C)O. The van der Waals surface area contributed by atoms with E-state index in [0.29, 0.717) is 6.04 Å². The number of ether oxygens (including phenoxy) is 1. The van der Waals surface area contributed by atoms with Crippen LogP contribution in [-0.2, 0) is 0 Å². The Hall–Kier alpha value is -1.10. The molecule has 1 aromatic carbocycles. The van der Waals surface area contributed by atoms with E-state index in [9.17, 15) is 5.11 Å². The van der Waals surface area contributed by atoms with E-state index in [2.05, 4.69) is 29.7 Å². The van der Waals surface area contributed by atoms with Crippen molar-refractivity contribution in [2.45, 2.75) is 39.3 Å². The molecule has 0 aromatic heterocycles. The second-order valence-corrected chi connectivity index (χ2v) is 6.32. The van der Waals surface area contributed by atoms with E-state index in [1.54, 1.807) is 0 Å². The Morgan fingerprint density at radius 3 is 2.77 bits per heavy atom. The molecule has 1 saturated heterocycles. The molecule has 1 heterocycles. The minimum Gasteiger partial charge on any atom is -0.492 e. The van der Waals surface area contributed by atoms with Crippen LogP contribution in [0.15, 0.2) is 24.3 Å². The number of piperazine rings is 1. The lowest BCUT2D eigenvalue weighted by atomic mass is 10.1. The van der Waals surface area contributed by atoms with Crippen molar-refractivity contribution in [2.75, 3.05) is 39.3 Å². The predicted octanol–water partition coefficient (Wildman–Crippen LogP) is 2.15. The molecule has 0 spiro atoms. The third-order valence-corrected chi connectivity index (χ3v) is 4.42. The molecule has 1 aliphatic rings. The summed E-state index contributed by atoms with van der Waals surface area (Å²) >= 11 is 0. The van der Waals surface area contributed by atoms with Crippen molar-refractivity contribution in [1.29, 1.82) is 0 Å². The van der Waals surface area contributed by atoms with Crippen LogP contribution in [0.25, 0.3) is 0 Å². The molecule has 124 valence electrons. The topological polar surface area (TPSA) is 35.9 Å². The zero-order valence-electron chi connectivity index (χ0n) is 14.2. The zero-order chi connectivity index (χ0) is 15.9. The van der Waals surface area contributed by atoms with Gasteiger partial charge in [0.15, 0.2) is 0 Å². The van der Waals surface area contributed by atoms with Crippen molar-refractivity contribution in [2.24, 2.45) is 0 Å². The van der Waals surface area contributed by atoms with E-state index in [1.807, 2.05) is 25.1 Å². The molecule has 2 rings (SSSR count). The van der Waals surface area contributed by atoms with Crippen molar-refractivity contribution in [3.63, 3.8) is 0 Å². The summed E-state index contributed by atoms with van der Waals surface area (Å²) in [5.74, 6) is 0.988. The Morgan fingerprint density at radius 2 is 2.09 bits per heavy atom. The first-order valence-corrected chi connectivity index (χ1v) is 8.43. The first-order valence-electron chi connectivity index (χ1n) is 8.43. The third kappa shape index (κ3) is 4.97. The van der Waals surface area contributed by atoms with Crippen molar-refractivity contribution in [3.05, 3.63) is 29.8 Å². The number of benzene rings is 1. The quantitative estimate of drug-likeness (QED) is 0.837. The average molecular weight is 306 g/mol. The largest absolute Gasteiger partial charge is 0.492 e. The molecule has 4 nitrogen and oxygen atoms in total. The molecule has 0 radical (unpaired) electrons. The zero-order valence-corrected chi connectivity index (χ0v) is 14.2. The second kappa shape index (κ2) is 8.51. The summed E-state index contributed by atoms with van der Waals surface area (Å²) in [6.45, 7) is 11.8. The first-order chi connectivity index (χ1) is 10.6. The molecule has 0 unspecified atom stereocenters. The summed E-state index contributed by atoms with van der Waals surface area (Å²) in [5.41, 5.74) is 1.19. The van der Waals surface area contributed by atoms with Crippen LogP contribution in [0.1, 0.15) is 25.8 Å². The number of para-hydroxylation sites is 1. The van der Waals surface area contributed by atoms with Gasteiger partial charge in [0.05, 0.1) is 6.10 Å². The molecule has 0 aliphatic carbocycles. The maximum atomic E-state index is 9.60. The van der Waals surface area contributed by atoms with Gasteiger partial charge in [-0.1, -0.05) is 25.1 Å². The number of aryl methyl sites for hydroxylation is 1. The van der Waals surface area contributed by atoms with Crippen LogP contribution in [-0.4, -0.2) is 66.4 Å². The molecule has 0 amide bonds. The average Bonchev–Trinajstić information content (AvgIpc) is 2.50. The summed E-state index contributed by atoms with van der Waals surface area (Å²) in [6, 6.07) is 8.71. The summed E-state index contributed by atoms with van der Waals surface area (Å²) in [5, 5.41) is 9.60. The van der Waals surface area contributed by atoms with Gasteiger partial charge in [0.25, 0.3) is 0 Å². The molecule has 1 aliphatic heterocycles. The summed E-state index contributed by atoms with van der Waals surface area (Å²) in [6.07, 6.45) is 0.881. The van der Waals surface area contributed by atoms with E-state index < -0.39 is 0 Å². The fourth-order valence-electron chi connectivity index (χ4n) is 3.13. The number of hydrogen-bond acceptors (Lipinski definition) is 4. The molecule has 22 heavy (non-hydrogen) atoms. The van der Waals surface area contributed by atoms with E-state index in [4.69, 9.17) is 4.74 Å². The minimum absolute atomic E-state index is 0.245. The van der Waals surface area contributed by atoms with E-state index >= 15 is 0 Å². The van der Waals surface area contributed by atoms with Gasteiger partial charge >= 0.3 is 0 Å². The number of β-amino-alcohol motifs (C(OH)–C–C–N with tert-alkyl or cyclic N) is 1. The van der Waals surface area contributed by atoms with Gasteiger partial charge in [-0.25, -0.2) is 0 Å². The summed E-state index contributed by atoms with van der Waals surface area (Å²) in [7, 11) is 0. The van der Waals surface area contributed by atoms with Crippen molar-refractivity contribution < 1.29 is 9.84 Å². The van der Waals surface area contributed by atoms with E-state index in [1.165, 1.54) is 5.56 Å². The minimum atomic E-state index is -0.245. The molecule has 1 N–H and O–H groups in total. The Balaban J connectivity index is 1.76. The standard InChI is InChI=1S/C18H30N2O2/c1-4-17-14-19(9-10-20(17)13-16(3)21)11-12-22-18-8-6-5-7-15(18)2/h5-8,16-17,21H,4,9-14H2,1-3H3/t16-,17-/m0/s1. The predicted molar refractivity (Wildman–Crippen MR) is 90.4 cm³/mol. The lowest BCUT2D eigenvalue weighted by Crippen LogP contribution is -2.55. The van der Waals surface area contributed by atoms with Crippen LogP contribution in [0.3, 0.4) is 0 Å². The van der Waals surface area contributed by atoms with Gasteiger partial charge in [-0.2, -0.15) is 0 Å². The van der Waals surface area contributed by atoms with E-state index in [-0.39, 0.29) is 6.10 Å².